The van der Waals surface area contributed by atoms with Gasteiger partial charge in [-0.3, -0.25) is 4.99 Å². The number of hydrogen-bond acceptors (Lipinski definition) is 5. The SMILES string of the molecule is CC(C)c1ccc(Nc2cc3nc4cc(Cl)ccc4n(-c4ccc(C(C)C)cc4)c-3cc2=NC2CC(C)(C)NC(C)(C)C2O)cc1. The van der Waals surface area contributed by atoms with Crippen LogP contribution in [0.3, 0.4) is 0 Å². The Morgan fingerprint density at radius 1 is 0.891 bits per heavy atom. The average molecular weight is 636 g/mol. The van der Waals surface area contributed by atoms with Crippen molar-refractivity contribution in [3.8, 4) is 17.1 Å². The molecule has 0 aromatic heterocycles. The monoisotopic (exact) mass is 635 g/mol. The molecule has 3 N–H and O–H groups in total. The van der Waals surface area contributed by atoms with E-state index in [1.807, 2.05) is 32.0 Å². The van der Waals surface area contributed by atoms with Crippen LogP contribution in [0.1, 0.15) is 84.8 Å². The normalized spacial score (nSPS) is 19.8. The summed E-state index contributed by atoms with van der Waals surface area (Å²) >= 11 is 6.49. The van der Waals surface area contributed by atoms with Crippen LogP contribution in [0.15, 0.2) is 83.9 Å². The summed E-state index contributed by atoms with van der Waals surface area (Å²) in [6.07, 6.45) is 0.0329. The standard InChI is InChI=1S/C39H46ClN5O/c1-23(2)25-9-14-28(15-10-25)41-30-20-33-36(21-31(30)42-34-22-38(5,6)44-39(7,8)37(34)46)45(29-16-11-26(12-17-29)24(3)4)35-18-13-27(40)19-32(35)43-33/h9-21,23-24,34,37,41,44,46H,22H2,1-8H3. The van der Waals surface area contributed by atoms with Crippen LogP contribution >= 0.6 is 11.6 Å². The fourth-order valence-corrected chi connectivity index (χ4v) is 7.04. The van der Waals surface area contributed by atoms with Crippen molar-refractivity contribution in [2.75, 3.05) is 5.32 Å². The van der Waals surface area contributed by atoms with Crippen LogP contribution in [0, 0.1) is 0 Å². The van der Waals surface area contributed by atoms with Gasteiger partial charge in [0, 0.05) is 27.5 Å². The Morgan fingerprint density at radius 2 is 1.52 bits per heavy atom. The van der Waals surface area contributed by atoms with Crippen molar-refractivity contribution in [1.82, 2.24) is 14.9 Å². The third kappa shape index (κ3) is 6.44. The molecule has 3 aromatic carbocycles. The molecule has 7 heteroatoms. The smallest absolute Gasteiger partial charge is 0.0940 e. The first-order valence-corrected chi connectivity index (χ1v) is 16.7. The minimum atomic E-state index is -0.665. The van der Waals surface area contributed by atoms with E-state index in [4.69, 9.17) is 21.6 Å². The molecule has 0 amide bonds. The lowest BCUT2D eigenvalue weighted by Crippen LogP contribution is -2.67. The molecule has 1 fully saturated rings. The van der Waals surface area contributed by atoms with Crippen molar-refractivity contribution in [1.29, 1.82) is 0 Å². The van der Waals surface area contributed by atoms with Gasteiger partial charge in [0.15, 0.2) is 0 Å². The van der Waals surface area contributed by atoms with Gasteiger partial charge in [0.2, 0.25) is 0 Å². The van der Waals surface area contributed by atoms with Crippen molar-refractivity contribution in [2.24, 2.45) is 4.99 Å². The Hall–Kier alpha value is -3.71. The first-order valence-electron chi connectivity index (χ1n) is 16.4. The number of rotatable bonds is 6. The van der Waals surface area contributed by atoms with Gasteiger partial charge in [-0.05, 0) is 112 Å². The zero-order chi connectivity index (χ0) is 33.0. The molecule has 1 saturated heterocycles. The van der Waals surface area contributed by atoms with Gasteiger partial charge in [-0.15, -0.1) is 0 Å². The molecule has 0 radical (unpaired) electrons. The first-order chi connectivity index (χ1) is 21.7. The van der Waals surface area contributed by atoms with Crippen LogP contribution in [0.25, 0.3) is 28.1 Å². The van der Waals surface area contributed by atoms with Gasteiger partial charge in [-0.25, -0.2) is 4.98 Å². The van der Waals surface area contributed by atoms with Crippen LogP contribution in [0.4, 0.5) is 11.4 Å². The number of nitrogens with one attached hydrogen (secondary N) is 2. The van der Waals surface area contributed by atoms with E-state index in [-0.39, 0.29) is 11.6 Å². The lowest BCUT2D eigenvalue weighted by atomic mass is 9.77. The van der Waals surface area contributed by atoms with Gasteiger partial charge in [0.05, 0.1) is 45.6 Å². The Labute approximate surface area is 277 Å². The molecule has 2 aliphatic heterocycles. The molecule has 2 unspecified atom stereocenters. The van der Waals surface area contributed by atoms with Crippen LogP contribution in [-0.2, 0) is 0 Å². The number of halogens is 1. The summed E-state index contributed by atoms with van der Waals surface area (Å²) in [7, 11) is 0. The maximum absolute atomic E-state index is 11.5. The predicted octanol–water partition coefficient (Wildman–Crippen LogP) is 8.95. The molecule has 0 saturated carbocycles. The first kappa shape index (κ1) is 32.2. The number of aromatic nitrogens is 2. The second-order valence-corrected chi connectivity index (χ2v) is 15.1. The summed E-state index contributed by atoms with van der Waals surface area (Å²) in [6, 6.07) is 27.0. The summed E-state index contributed by atoms with van der Waals surface area (Å²) in [5.74, 6) is 0.880. The maximum atomic E-state index is 11.5. The van der Waals surface area contributed by atoms with E-state index in [2.05, 4.69) is 117 Å². The molecule has 6 rings (SSSR count). The minimum Gasteiger partial charge on any atom is -0.389 e. The maximum Gasteiger partial charge on any atom is 0.0940 e. The van der Waals surface area contributed by atoms with E-state index in [9.17, 15) is 5.11 Å². The van der Waals surface area contributed by atoms with Crippen LogP contribution < -0.4 is 16.0 Å². The highest BCUT2D eigenvalue weighted by molar-refractivity contribution is 6.31. The van der Waals surface area contributed by atoms with E-state index in [1.165, 1.54) is 11.1 Å². The highest BCUT2D eigenvalue weighted by atomic mass is 35.5. The minimum absolute atomic E-state index is 0.191. The lowest BCUT2D eigenvalue weighted by molar-refractivity contribution is -0.00243. The second kappa shape index (κ2) is 12.1. The van der Waals surface area contributed by atoms with Crippen molar-refractivity contribution in [3.63, 3.8) is 0 Å². The Kier molecular flexibility index (Phi) is 8.51. The van der Waals surface area contributed by atoms with Crippen LogP contribution in [0.2, 0.25) is 5.02 Å². The van der Waals surface area contributed by atoms with Crippen molar-refractivity contribution in [3.05, 3.63) is 100 Å². The van der Waals surface area contributed by atoms with E-state index >= 15 is 0 Å². The molecular formula is C39H46ClN5O. The third-order valence-electron chi connectivity index (χ3n) is 9.22. The highest BCUT2D eigenvalue weighted by Gasteiger charge is 2.45. The molecule has 0 bridgehead atoms. The number of anilines is 2. The number of piperidine rings is 1. The summed E-state index contributed by atoms with van der Waals surface area (Å²) < 4.78 is 2.24. The number of aliphatic hydroxyl groups excluding tert-OH is 1. The Bertz CT molecular complexity index is 1900. The summed E-state index contributed by atoms with van der Waals surface area (Å²) in [6.45, 7) is 17.3. The van der Waals surface area contributed by atoms with E-state index in [0.29, 0.717) is 23.3 Å². The number of fused-ring (bicyclic) bond motifs is 2. The summed E-state index contributed by atoms with van der Waals surface area (Å²) in [5, 5.41) is 20.2. The zero-order valence-electron chi connectivity index (χ0n) is 28.2. The van der Waals surface area contributed by atoms with Gasteiger partial charge < -0.3 is 20.3 Å². The van der Waals surface area contributed by atoms with E-state index < -0.39 is 11.6 Å². The molecule has 0 spiro atoms. The summed E-state index contributed by atoms with van der Waals surface area (Å²) in [5.41, 5.74) is 8.21. The molecular weight excluding hydrogens is 590 g/mol. The number of benzene rings is 4. The van der Waals surface area contributed by atoms with Gasteiger partial charge in [-0.1, -0.05) is 63.6 Å². The molecule has 1 aliphatic carbocycles. The van der Waals surface area contributed by atoms with E-state index in [1.54, 1.807) is 0 Å². The topological polar surface area (TPSA) is 74.5 Å². The van der Waals surface area contributed by atoms with Crippen molar-refractivity contribution >= 4 is 34.0 Å². The Morgan fingerprint density at radius 3 is 2.15 bits per heavy atom. The number of aliphatic hydroxyl groups is 1. The molecule has 46 heavy (non-hydrogen) atoms. The molecule has 3 aromatic rings. The second-order valence-electron chi connectivity index (χ2n) is 14.7. The summed E-state index contributed by atoms with van der Waals surface area (Å²) in [4.78, 5) is 10.4. The van der Waals surface area contributed by atoms with Crippen LogP contribution in [0.5, 0.6) is 0 Å². The largest absolute Gasteiger partial charge is 0.389 e. The van der Waals surface area contributed by atoms with Gasteiger partial charge in [-0.2, -0.15) is 0 Å². The zero-order valence-corrected chi connectivity index (χ0v) is 28.9. The molecule has 6 nitrogen and oxygen atoms in total. The van der Waals surface area contributed by atoms with Gasteiger partial charge in [0.1, 0.15) is 0 Å². The van der Waals surface area contributed by atoms with E-state index in [0.717, 1.165) is 44.8 Å². The lowest BCUT2D eigenvalue weighted by Gasteiger charge is -2.48. The van der Waals surface area contributed by atoms with Crippen molar-refractivity contribution < 1.29 is 5.11 Å². The van der Waals surface area contributed by atoms with Crippen molar-refractivity contribution in [2.45, 2.75) is 96.9 Å². The number of hydrogen-bond donors (Lipinski definition) is 3. The fraction of sp³-hybridized carbons (Fsp3) is 0.385. The quantitative estimate of drug-likeness (QED) is 0.163. The highest BCUT2D eigenvalue weighted by Crippen LogP contribution is 2.34. The fourth-order valence-electron chi connectivity index (χ4n) is 6.88. The Balaban J connectivity index is 1.61. The number of nitrogens with zero attached hydrogens (tertiary/aromatic N) is 3. The van der Waals surface area contributed by atoms with Crippen LogP contribution in [-0.4, -0.2) is 37.9 Å². The predicted molar refractivity (Wildman–Crippen MR) is 192 cm³/mol. The third-order valence-corrected chi connectivity index (χ3v) is 9.45. The molecule has 2 atom stereocenters. The average Bonchev–Trinajstić information content (AvgIpc) is 2.98. The van der Waals surface area contributed by atoms with Gasteiger partial charge >= 0.3 is 0 Å². The van der Waals surface area contributed by atoms with Gasteiger partial charge in [0.25, 0.3) is 0 Å². The molecule has 3 aliphatic rings. The molecule has 240 valence electrons. The molecule has 2 heterocycles.